The van der Waals surface area contributed by atoms with Crippen molar-refractivity contribution < 1.29 is 9.72 Å². The lowest BCUT2D eigenvalue weighted by Crippen LogP contribution is -2.31. The normalized spacial score (nSPS) is 10.4. The molecular weight excluding hydrogens is 264 g/mol. The molecule has 9 heteroatoms. The Morgan fingerprint density at radius 1 is 1.45 bits per heavy atom. The van der Waals surface area contributed by atoms with E-state index in [2.05, 4.69) is 20.6 Å². The lowest BCUT2D eigenvalue weighted by Gasteiger charge is -2.10. The number of anilines is 2. The van der Waals surface area contributed by atoms with Gasteiger partial charge in [-0.3, -0.25) is 14.9 Å². The molecule has 0 saturated carbocycles. The Bertz CT molecular complexity index is 517. The van der Waals surface area contributed by atoms with Gasteiger partial charge in [-0.2, -0.15) is 4.98 Å². The summed E-state index contributed by atoms with van der Waals surface area (Å²) in [5.74, 6) is -0.173. The number of nitro groups is 1. The van der Waals surface area contributed by atoms with Crippen LogP contribution in [0.5, 0.6) is 0 Å². The first-order valence-corrected chi connectivity index (χ1v) is 6.13. The molecule has 0 spiro atoms. The number of aryl methyl sites for hydroxylation is 1. The third kappa shape index (κ3) is 4.34. The molecule has 1 rings (SSSR count). The third-order valence-electron chi connectivity index (χ3n) is 2.35. The predicted octanol–water partition coefficient (Wildman–Crippen LogP) is 0.602. The van der Waals surface area contributed by atoms with Crippen LogP contribution in [0, 0.1) is 17.0 Å². The molecule has 110 valence electrons. The second-order valence-electron chi connectivity index (χ2n) is 4.52. The fraction of sp³-hybridized carbons (Fsp3) is 0.545. The number of carbonyl (C=O) groups excluding carboxylic acids is 1. The minimum Gasteiger partial charge on any atom is -0.368 e. The van der Waals surface area contributed by atoms with Crippen molar-refractivity contribution in [3.8, 4) is 0 Å². The zero-order valence-corrected chi connectivity index (χ0v) is 11.6. The van der Waals surface area contributed by atoms with Gasteiger partial charge in [0, 0.05) is 19.0 Å². The van der Waals surface area contributed by atoms with Crippen LogP contribution in [-0.4, -0.2) is 33.4 Å². The molecule has 0 saturated heterocycles. The number of hydrogen-bond acceptors (Lipinski definition) is 7. The van der Waals surface area contributed by atoms with Crippen LogP contribution in [0.4, 0.5) is 17.5 Å². The van der Waals surface area contributed by atoms with E-state index in [4.69, 9.17) is 5.73 Å². The molecule has 0 unspecified atom stereocenters. The Hall–Kier alpha value is -2.45. The maximum Gasteiger partial charge on any atom is 0.332 e. The minimum atomic E-state index is -0.578. The number of carbonyl (C=O) groups is 1. The molecule has 0 atom stereocenters. The highest BCUT2D eigenvalue weighted by molar-refractivity contribution is 5.76. The van der Waals surface area contributed by atoms with Gasteiger partial charge >= 0.3 is 5.69 Å². The van der Waals surface area contributed by atoms with E-state index < -0.39 is 4.92 Å². The zero-order valence-electron chi connectivity index (χ0n) is 11.6. The van der Waals surface area contributed by atoms with Crippen molar-refractivity contribution in [2.45, 2.75) is 33.2 Å². The average molecular weight is 282 g/mol. The van der Waals surface area contributed by atoms with E-state index in [0.717, 1.165) is 0 Å². The molecule has 1 aromatic rings. The fourth-order valence-corrected chi connectivity index (χ4v) is 1.62. The van der Waals surface area contributed by atoms with Gasteiger partial charge in [0.05, 0.1) is 4.92 Å². The molecule has 20 heavy (non-hydrogen) atoms. The van der Waals surface area contributed by atoms with Gasteiger partial charge in [-0.1, -0.05) is 0 Å². The zero-order chi connectivity index (χ0) is 15.3. The summed E-state index contributed by atoms with van der Waals surface area (Å²) in [6.45, 7) is 5.40. The van der Waals surface area contributed by atoms with Gasteiger partial charge in [0.15, 0.2) is 0 Å². The first-order chi connectivity index (χ1) is 9.31. The fourth-order valence-electron chi connectivity index (χ4n) is 1.62. The number of nitrogens with one attached hydrogen (secondary N) is 2. The van der Waals surface area contributed by atoms with Crippen LogP contribution in [0.1, 0.15) is 26.0 Å². The van der Waals surface area contributed by atoms with Gasteiger partial charge in [-0.15, -0.1) is 0 Å². The average Bonchev–Trinajstić information content (AvgIpc) is 2.25. The molecule has 0 bridgehead atoms. The Labute approximate surface area is 116 Å². The van der Waals surface area contributed by atoms with Crippen LogP contribution in [0.3, 0.4) is 0 Å². The van der Waals surface area contributed by atoms with Crippen molar-refractivity contribution in [1.82, 2.24) is 15.3 Å². The second-order valence-corrected chi connectivity index (χ2v) is 4.52. The summed E-state index contributed by atoms with van der Waals surface area (Å²) in [6.07, 6.45) is 0.179. The molecular formula is C11H18N6O3. The lowest BCUT2D eigenvalue weighted by molar-refractivity contribution is -0.385. The van der Waals surface area contributed by atoms with Crippen LogP contribution < -0.4 is 16.4 Å². The van der Waals surface area contributed by atoms with E-state index in [9.17, 15) is 14.9 Å². The monoisotopic (exact) mass is 282 g/mol. The number of nitrogens with two attached hydrogens (primary N) is 1. The van der Waals surface area contributed by atoms with Crippen LogP contribution >= 0.6 is 0 Å². The molecule has 1 aromatic heterocycles. The molecule has 0 aliphatic carbocycles. The molecule has 1 amide bonds. The minimum absolute atomic E-state index is 0.0253. The molecule has 9 nitrogen and oxygen atoms in total. The summed E-state index contributed by atoms with van der Waals surface area (Å²) >= 11 is 0. The first-order valence-electron chi connectivity index (χ1n) is 6.13. The van der Waals surface area contributed by atoms with E-state index in [-0.39, 0.29) is 48.1 Å². The number of nitrogens with zero attached hydrogens (tertiary/aromatic N) is 3. The van der Waals surface area contributed by atoms with Crippen molar-refractivity contribution >= 4 is 23.4 Å². The van der Waals surface area contributed by atoms with Crippen molar-refractivity contribution in [1.29, 1.82) is 0 Å². The van der Waals surface area contributed by atoms with Gasteiger partial charge in [0.2, 0.25) is 17.7 Å². The van der Waals surface area contributed by atoms with E-state index in [0.29, 0.717) is 0 Å². The summed E-state index contributed by atoms with van der Waals surface area (Å²) in [6, 6.07) is 0.0498. The van der Waals surface area contributed by atoms with Gasteiger partial charge < -0.3 is 16.4 Å². The largest absolute Gasteiger partial charge is 0.368 e. The molecule has 1 heterocycles. The molecule has 0 fully saturated rings. The van der Waals surface area contributed by atoms with E-state index in [1.54, 1.807) is 0 Å². The topological polar surface area (TPSA) is 136 Å². The van der Waals surface area contributed by atoms with Crippen molar-refractivity contribution in [2.24, 2.45) is 0 Å². The third-order valence-corrected chi connectivity index (χ3v) is 2.35. The maximum absolute atomic E-state index is 11.5. The number of hydrogen-bond donors (Lipinski definition) is 3. The second kappa shape index (κ2) is 6.64. The van der Waals surface area contributed by atoms with Crippen molar-refractivity contribution in [3.05, 3.63) is 15.8 Å². The predicted molar refractivity (Wildman–Crippen MR) is 74.2 cm³/mol. The highest BCUT2D eigenvalue weighted by atomic mass is 16.6. The Morgan fingerprint density at radius 3 is 2.65 bits per heavy atom. The highest BCUT2D eigenvalue weighted by Crippen LogP contribution is 2.25. The smallest absolute Gasteiger partial charge is 0.332 e. The summed E-state index contributed by atoms with van der Waals surface area (Å²) in [5, 5.41) is 16.4. The van der Waals surface area contributed by atoms with Gasteiger partial charge in [-0.05, 0) is 20.8 Å². The van der Waals surface area contributed by atoms with Crippen molar-refractivity contribution in [3.63, 3.8) is 0 Å². The Balaban J connectivity index is 2.73. The Kier molecular flexibility index (Phi) is 5.18. The maximum atomic E-state index is 11.5. The summed E-state index contributed by atoms with van der Waals surface area (Å²) in [7, 11) is 0. The van der Waals surface area contributed by atoms with Crippen LogP contribution in [0.25, 0.3) is 0 Å². The van der Waals surface area contributed by atoms with E-state index >= 15 is 0 Å². The number of nitrogen functional groups attached to an aromatic ring is 1. The summed E-state index contributed by atoms with van der Waals surface area (Å²) < 4.78 is 0. The molecule has 0 aliphatic heterocycles. The van der Waals surface area contributed by atoms with Crippen LogP contribution in [0.15, 0.2) is 0 Å². The quantitative estimate of drug-likeness (QED) is 0.513. The lowest BCUT2D eigenvalue weighted by atomic mass is 10.3. The Morgan fingerprint density at radius 2 is 2.10 bits per heavy atom. The van der Waals surface area contributed by atoms with Crippen LogP contribution in [0.2, 0.25) is 0 Å². The molecule has 0 aliphatic rings. The summed E-state index contributed by atoms with van der Waals surface area (Å²) in [5.41, 5.74) is 5.41. The number of amides is 1. The van der Waals surface area contributed by atoms with E-state index in [1.165, 1.54) is 6.92 Å². The molecule has 0 aromatic carbocycles. The first kappa shape index (κ1) is 15.6. The standard InChI is InChI=1S/C11H18N6O3/c1-6(2)14-8(18)4-5-13-10-9(17(19)20)7(3)15-11(12)16-10/h6H,4-5H2,1-3H3,(H,14,18)(H3,12,13,15,16). The molecule has 4 N–H and O–H groups in total. The summed E-state index contributed by atoms with van der Waals surface area (Å²) in [4.78, 5) is 29.4. The molecule has 0 radical (unpaired) electrons. The number of rotatable bonds is 6. The SMILES string of the molecule is Cc1nc(N)nc(NCCC(=O)NC(C)C)c1[N+](=O)[O-]. The van der Waals surface area contributed by atoms with Gasteiger partial charge in [0.1, 0.15) is 5.69 Å². The number of aromatic nitrogens is 2. The highest BCUT2D eigenvalue weighted by Gasteiger charge is 2.21. The van der Waals surface area contributed by atoms with Crippen molar-refractivity contribution in [2.75, 3.05) is 17.6 Å². The van der Waals surface area contributed by atoms with Gasteiger partial charge in [-0.25, -0.2) is 4.98 Å². The van der Waals surface area contributed by atoms with E-state index in [1.807, 2.05) is 13.8 Å². The van der Waals surface area contributed by atoms with Crippen LogP contribution in [-0.2, 0) is 4.79 Å². The van der Waals surface area contributed by atoms with Gasteiger partial charge in [0.25, 0.3) is 0 Å².